The maximum Gasteiger partial charge on any atom is 0.228 e. The molecule has 0 aliphatic rings. The lowest BCUT2D eigenvalue weighted by molar-refractivity contribution is 0.183. The number of hydrogen-bond acceptors (Lipinski definition) is 3. The molecule has 0 aliphatic heterocycles. The van der Waals surface area contributed by atoms with Crippen molar-refractivity contribution in [3.63, 3.8) is 0 Å². The van der Waals surface area contributed by atoms with Crippen LogP contribution < -0.4 is 14.2 Å². The van der Waals surface area contributed by atoms with Crippen LogP contribution in [0.15, 0.2) is 12.1 Å². The Kier molecular flexibility index (Phi) is 4.24. The first kappa shape index (κ1) is 11.4. The molecule has 0 amide bonds. The summed E-state index contributed by atoms with van der Waals surface area (Å²) in [4.78, 5) is 0. The summed E-state index contributed by atoms with van der Waals surface area (Å²) < 4.78 is 27.8. The molecule has 3 nitrogen and oxygen atoms in total. The van der Waals surface area contributed by atoms with E-state index in [4.69, 9.17) is 14.2 Å². The van der Waals surface area contributed by atoms with Crippen LogP contribution in [0.5, 0.6) is 17.2 Å². The quantitative estimate of drug-likeness (QED) is 0.800. The molecule has 0 aromatic heterocycles. The third-order valence-electron chi connectivity index (χ3n) is 1.65. The Labute approximate surface area is 95.3 Å². The normalized spacial score (nSPS) is 9.71. The van der Waals surface area contributed by atoms with E-state index in [1.807, 2.05) is 0 Å². The van der Waals surface area contributed by atoms with Crippen LogP contribution in [0, 0.1) is 3.57 Å². The van der Waals surface area contributed by atoms with Crippen LogP contribution in [-0.2, 0) is 0 Å². The molecule has 0 saturated carbocycles. The zero-order chi connectivity index (χ0) is 10.6. The van der Waals surface area contributed by atoms with E-state index >= 15 is 0 Å². The molecule has 1 rings (SSSR count). The highest BCUT2D eigenvalue weighted by atomic mass is 127. The number of ether oxygens (including phenoxy) is 3. The van der Waals surface area contributed by atoms with Gasteiger partial charge in [0.1, 0.15) is 0 Å². The third kappa shape index (κ3) is 2.20. The van der Waals surface area contributed by atoms with Gasteiger partial charge in [-0.3, -0.25) is 0 Å². The van der Waals surface area contributed by atoms with E-state index in [1.54, 1.807) is 12.1 Å². The summed E-state index contributed by atoms with van der Waals surface area (Å²) in [5.41, 5.74) is 0. The highest BCUT2D eigenvalue weighted by Gasteiger charge is 2.14. The van der Waals surface area contributed by atoms with E-state index in [1.165, 1.54) is 14.2 Å². The standard InChI is InChI=1S/C9H10FIO3/c1-12-8-6(11)3-4-7(14-5-10)9(8)13-2/h3-4H,5H2,1-2H3. The predicted octanol–water partition coefficient (Wildman–Crippen LogP) is 2.61. The zero-order valence-electron chi connectivity index (χ0n) is 7.84. The van der Waals surface area contributed by atoms with Gasteiger partial charge in [0.15, 0.2) is 11.5 Å². The minimum Gasteiger partial charge on any atom is -0.492 e. The topological polar surface area (TPSA) is 27.7 Å². The van der Waals surface area contributed by atoms with Gasteiger partial charge in [-0.2, -0.15) is 0 Å². The van der Waals surface area contributed by atoms with Crippen molar-refractivity contribution in [2.45, 2.75) is 0 Å². The highest BCUT2D eigenvalue weighted by Crippen LogP contribution is 2.40. The molecule has 14 heavy (non-hydrogen) atoms. The summed E-state index contributed by atoms with van der Waals surface area (Å²) in [5.74, 6) is 1.31. The van der Waals surface area contributed by atoms with Crippen LogP contribution in [0.25, 0.3) is 0 Å². The summed E-state index contributed by atoms with van der Waals surface area (Å²) in [5, 5.41) is 0. The molecule has 0 radical (unpaired) electrons. The molecule has 0 saturated heterocycles. The van der Waals surface area contributed by atoms with Gasteiger partial charge in [-0.25, -0.2) is 4.39 Å². The Morgan fingerprint density at radius 2 is 1.86 bits per heavy atom. The Balaban J connectivity index is 3.18. The van der Waals surface area contributed by atoms with Gasteiger partial charge >= 0.3 is 0 Å². The second-order valence-corrected chi connectivity index (χ2v) is 3.53. The van der Waals surface area contributed by atoms with Crippen molar-refractivity contribution < 1.29 is 18.6 Å². The minimum atomic E-state index is -0.889. The first-order valence-corrected chi connectivity index (χ1v) is 4.91. The fourth-order valence-electron chi connectivity index (χ4n) is 1.08. The van der Waals surface area contributed by atoms with E-state index in [0.717, 1.165) is 3.57 Å². The van der Waals surface area contributed by atoms with Gasteiger partial charge in [0.05, 0.1) is 17.8 Å². The lowest BCUT2D eigenvalue weighted by Crippen LogP contribution is -1.98. The second-order valence-electron chi connectivity index (χ2n) is 2.37. The molecule has 0 bridgehead atoms. The van der Waals surface area contributed by atoms with Crippen LogP contribution in [-0.4, -0.2) is 21.1 Å². The van der Waals surface area contributed by atoms with Crippen molar-refractivity contribution >= 4 is 22.6 Å². The maximum atomic E-state index is 12.0. The van der Waals surface area contributed by atoms with E-state index in [0.29, 0.717) is 17.2 Å². The average molecular weight is 312 g/mol. The molecule has 1 aromatic rings. The van der Waals surface area contributed by atoms with Crippen molar-refractivity contribution in [1.29, 1.82) is 0 Å². The first-order chi connectivity index (χ1) is 6.74. The van der Waals surface area contributed by atoms with Crippen LogP contribution in [0.4, 0.5) is 4.39 Å². The number of rotatable bonds is 4. The van der Waals surface area contributed by atoms with Crippen LogP contribution >= 0.6 is 22.6 Å². The summed E-state index contributed by atoms with van der Waals surface area (Å²) in [6.07, 6.45) is 0. The largest absolute Gasteiger partial charge is 0.492 e. The lowest BCUT2D eigenvalue weighted by atomic mass is 10.3. The molecule has 5 heteroatoms. The van der Waals surface area contributed by atoms with E-state index in [9.17, 15) is 4.39 Å². The number of alkyl halides is 1. The number of methoxy groups -OCH3 is 2. The smallest absolute Gasteiger partial charge is 0.228 e. The summed E-state index contributed by atoms with van der Waals surface area (Å²) >= 11 is 2.10. The van der Waals surface area contributed by atoms with Crippen LogP contribution in [0.3, 0.4) is 0 Å². The Morgan fingerprint density at radius 1 is 1.21 bits per heavy atom. The lowest BCUT2D eigenvalue weighted by Gasteiger charge is -2.13. The molecule has 0 N–H and O–H groups in total. The molecular formula is C9H10FIO3. The molecule has 0 spiro atoms. The summed E-state index contributed by atoms with van der Waals surface area (Å²) in [6, 6.07) is 3.41. The van der Waals surface area contributed by atoms with Crippen molar-refractivity contribution in [3.8, 4) is 17.2 Å². The van der Waals surface area contributed by atoms with Gasteiger partial charge in [0, 0.05) is 0 Å². The Bertz CT molecular complexity index is 317. The van der Waals surface area contributed by atoms with Crippen molar-refractivity contribution in [3.05, 3.63) is 15.7 Å². The molecule has 0 atom stereocenters. The molecule has 0 fully saturated rings. The maximum absolute atomic E-state index is 12.0. The highest BCUT2D eigenvalue weighted by molar-refractivity contribution is 14.1. The van der Waals surface area contributed by atoms with Crippen molar-refractivity contribution in [1.82, 2.24) is 0 Å². The van der Waals surface area contributed by atoms with E-state index < -0.39 is 6.86 Å². The molecule has 1 aromatic carbocycles. The van der Waals surface area contributed by atoms with Gasteiger partial charge in [-0.1, -0.05) is 0 Å². The van der Waals surface area contributed by atoms with Crippen LogP contribution in [0.1, 0.15) is 0 Å². The van der Waals surface area contributed by atoms with Crippen molar-refractivity contribution in [2.24, 2.45) is 0 Å². The zero-order valence-corrected chi connectivity index (χ0v) is 10.00. The fraction of sp³-hybridized carbons (Fsp3) is 0.333. The van der Waals surface area contributed by atoms with Crippen molar-refractivity contribution in [2.75, 3.05) is 21.1 Å². The number of hydrogen-bond donors (Lipinski definition) is 0. The molecule has 0 unspecified atom stereocenters. The van der Waals surface area contributed by atoms with E-state index in [2.05, 4.69) is 22.6 Å². The number of benzene rings is 1. The SMILES string of the molecule is COc1c(I)ccc(OCF)c1OC. The monoisotopic (exact) mass is 312 g/mol. The van der Waals surface area contributed by atoms with Gasteiger partial charge in [0.2, 0.25) is 12.6 Å². The number of halogens is 2. The summed E-state index contributed by atoms with van der Waals surface area (Å²) in [7, 11) is 3.01. The Morgan fingerprint density at radius 3 is 2.36 bits per heavy atom. The van der Waals surface area contributed by atoms with Gasteiger partial charge in [-0.15, -0.1) is 0 Å². The second kappa shape index (κ2) is 5.23. The van der Waals surface area contributed by atoms with Crippen LogP contribution in [0.2, 0.25) is 0 Å². The third-order valence-corrected chi connectivity index (χ3v) is 2.50. The molecular weight excluding hydrogens is 302 g/mol. The first-order valence-electron chi connectivity index (χ1n) is 3.83. The van der Waals surface area contributed by atoms with Gasteiger partial charge in [-0.05, 0) is 34.7 Å². The Hall–Kier alpha value is -0.720. The van der Waals surface area contributed by atoms with Gasteiger partial charge < -0.3 is 14.2 Å². The van der Waals surface area contributed by atoms with Gasteiger partial charge in [0.25, 0.3) is 0 Å². The van der Waals surface area contributed by atoms with E-state index in [-0.39, 0.29) is 0 Å². The predicted molar refractivity (Wildman–Crippen MR) is 58.9 cm³/mol. The molecule has 78 valence electrons. The average Bonchev–Trinajstić information content (AvgIpc) is 2.20. The fourth-order valence-corrected chi connectivity index (χ4v) is 1.72. The molecule has 0 aliphatic carbocycles. The minimum absolute atomic E-state index is 0.340. The summed E-state index contributed by atoms with van der Waals surface area (Å²) in [6.45, 7) is -0.889. The molecule has 0 heterocycles.